The number of pyridine rings is 1. The maximum absolute atomic E-state index is 13.3. The second kappa shape index (κ2) is 6.90. The van der Waals surface area contributed by atoms with E-state index in [2.05, 4.69) is 15.4 Å². The number of hydrogen-bond donors (Lipinski definition) is 2. The van der Waals surface area contributed by atoms with Crippen molar-refractivity contribution in [2.45, 2.75) is 0 Å². The van der Waals surface area contributed by atoms with Crippen molar-refractivity contribution in [3.8, 4) is 0 Å². The molecule has 0 atom stereocenters. The average Bonchev–Trinajstić information content (AvgIpc) is 2.50. The summed E-state index contributed by atoms with van der Waals surface area (Å²) in [5.41, 5.74) is 2.20. The Bertz CT molecular complexity index is 674. The third kappa shape index (κ3) is 4.20. The van der Waals surface area contributed by atoms with Gasteiger partial charge in [-0.3, -0.25) is 9.59 Å². The number of hydrazone groups is 1. The summed E-state index contributed by atoms with van der Waals surface area (Å²) in [5, 5.41) is 5.81. The predicted octanol–water partition coefficient (Wildman–Crippen LogP) is 1.31. The van der Waals surface area contributed by atoms with Crippen molar-refractivity contribution >= 4 is 23.8 Å². The van der Waals surface area contributed by atoms with Crippen molar-refractivity contribution in [2.75, 3.05) is 5.32 Å². The van der Waals surface area contributed by atoms with Gasteiger partial charge in [0.2, 0.25) is 0 Å². The molecule has 2 amide bonds. The van der Waals surface area contributed by atoms with Crippen molar-refractivity contribution in [2.24, 2.45) is 5.10 Å². The SMILES string of the molecule is O=C(NN=Cc1ccccc1F)C(=O)Nc1ccccn1. The number of hydrogen-bond acceptors (Lipinski definition) is 4. The molecule has 0 saturated heterocycles. The maximum Gasteiger partial charge on any atom is 0.329 e. The van der Waals surface area contributed by atoms with Crippen molar-refractivity contribution in [1.82, 2.24) is 10.4 Å². The van der Waals surface area contributed by atoms with Gasteiger partial charge in [-0.15, -0.1) is 0 Å². The molecule has 2 N–H and O–H groups in total. The Balaban J connectivity index is 1.90. The highest BCUT2D eigenvalue weighted by atomic mass is 19.1. The number of benzene rings is 1. The Kier molecular flexibility index (Phi) is 4.70. The molecule has 7 heteroatoms. The fourth-order valence-corrected chi connectivity index (χ4v) is 1.40. The minimum Gasteiger partial charge on any atom is -0.302 e. The average molecular weight is 286 g/mol. The lowest BCUT2D eigenvalue weighted by molar-refractivity contribution is -0.136. The maximum atomic E-state index is 13.3. The number of carbonyl (C=O) groups is 2. The zero-order valence-corrected chi connectivity index (χ0v) is 10.8. The molecule has 1 heterocycles. The number of aromatic nitrogens is 1. The van der Waals surface area contributed by atoms with E-state index in [9.17, 15) is 14.0 Å². The van der Waals surface area contributed by atoms with Gasteiger partial charge in [0, 0.05) is 11.8 Å². The Morgan fingerprint density at radius 2 is 1.86 bits per heavy atom. The summed E-state index contributed by atoms with van der Waals surface area (Å²) in [4.78, 5) is 26.8. The second-order valence-corrected chi connectivity index (χ2v) is 3.89. The lowest BCUT2D eigenvalue weighted by Crippen LogP contribution is -2.32. The predicted molar refractivity (Wildman–Crippen MR) is 75.0 cm³/mol. The highest BCUT2D eigenvalue weighted by Crippen LogP contribution is 2.02. The number of amides is 2. The highest BCUT2D eigenvalue weighted by molar-refractivity contribution is 6.39. The molecule has 0 fully saturated rings. The minimum absolute atomic E-state index is 0.197. The first kappa shape index (κ1) is 14.3. The van der Waals surface area contributed by atoms with Gasteiger partial charge in [0.15, 0.2) is 0 Å². The van der Waals surface area contributed by atoms with Crippen molar-refractivity contribution < 1.29 is 14.0 Å². The number of nitrogens with zero attached hydrogens (tertiary/aromatic N) is 2. The number of nitrogens with one attached hydrogen (secondary N) is 2. The first-order valence-electron chi connectivity index (χ1n) is 5.97. The van der Waals surface area contributed by atoms with Crippen molar-refractivity contribution in [1.29, 1.82) is 0 Å². The zero-order chi connectivity index (χ0) is 15.1. The number of rotatable bonds is 3. The highest BCUT2D eigenvalue weighted by Gasteiger charge is 2.13. The van der Waals surface area contributed by atoms with Gasteiger partial charge < -0.3 is 5.32 Å². The molecular formula is C14H11FN4O2. The lowest BCUT2D eigenvalue weighted by atomic mass is 10.2. The van der Waals surface area contributed by atoms with E-state index in [0.717, 1.165) is 6.21 Å². The third-order valence-electron chi connectivity index (χ3n) is 2.39. The van der Waals surface area contributed by atoms with Gasteiger partial charge in [0.05, 0.1) is 6.21 Å². The van der Waals surface area contributed by atoms with Crippen LogP contribution >= 0.6 is 0 Å². The fraction of sp³-hybridized carbons (Fsp3) is 0. The van der Waals surface area contributed by atoms with E-state index >= 15 is 0 Å². The van der Waals surface area contributed by atoms with Gasteiger partial charge in [-0.25, -0.2) is 14.8 Å². The van der Waals surface area contributed by atoms with E-state index in [4.69, 9.17) is 0 Å². The van der Waals surface area contributed by atoms with Gasteiger partial charge in [-0.05, 0) is 18.2 Å². The normalized spacial score (nSPS) is 10.3. The second-order valence-electron chi connectivity index (χ2n) is 3.89. The van der Waals surface area contributed by atoms with Gasteiger partial charge in [-0.2, -0.15) is 5.10 Å². The molecule has 0 spiro atoms. The molecule has 0 aliphatic carbocycles. The van der Waals surface area contributed by atoms with E-state index in [1.54, 1.807) is 18.2 Å². The van der Waals surface area contributed by atoms with E-state index < -0.39 is 17.6 Å². The molecule has 6 nitrogen and oxygen atoms in total. The molecule has 0 bridgehead atoms. The zero-order valence-electron chi connectivity index (χ0n) is 10.8. The van der Waals surface area contributed by atoms with Crippen LogP contribution in [0.25, 0.3) is 0 Å². The number of carbonyl (C=O) groups excluding carboxylic acids is 2. The van der Waals surface area contributed by atoms with Crippen LogP contribution in [0.2, 0.25) is 0 Å². The molecule has 0 aliphatic rings. The van der Waals surface area contributed by atoms with E-state index in [1.165, 1.54) is 30.5 Å². The van der Waals surface area contributed by atoms with Crippen LogP contribution < -0.4 is 10.7 Å². The van der Waals surface area contributed by atoms with Gasteiger partial charge in [-0.1, -0.05) is 24.3 Å². The Labute approximate surface area is 119 Å². The molecule has 1 aromatic carbocycles. The van der Waals surface area contributed by atoms with E-state index in [1.807, 2.05) is 5.43 Å². The molecule has 1 aromatic heterocycles. The summed E-state index contributed by atoms with van der Waals surface area (Å²) < 4.78 is 13.3. The van der Waals surface area contributed by atoms with E-state index in [0.29, 0.717) is 0 Å². The summed E-state index contributed by atoms with van der Waals surface area (Å²) in [7, 11) is 0. The fourth-order valence-electron chi connectivity index (χ4n) is 1.40. The summed E-state index contributed by atoms with van der Waals surface area (Å²) in [6.07, 6.45) is 2.59. The van der Waals surface area contributed by atoms with Gasteiger partial charge in [0.1, 0.15) is 11.6 Å². The van der Waals surface area contributed by atoms with Crippen LogP contribution in [0.5, 0.6) is 0 Å². The quantitative estimate of drug-likeness (QED) is 0.507. The van der Waals surface area contributed by atoms with Crippen LogP contribution in [0.1, 0.15) is 5.56 Å². The van der Waals surface area contributed by atoms with Crippen LogP contribution in [-0.2, 0) is 9.59 Å². The molecule has 0 unspecified atom stereocenters. The molecular weight excluding hydrogens is 275 g/mol. The Morgan fingerprint density at radius 3 is 2.57 bits per heavy atom. The molecule has 0 aliphatic heterocycles. The third-order valence-corrected chi connectivity index (χ3v) is 2.39. The molecule has 21 heavy (non-hydrogen) atoms. The topological polar surface area (TPSA) is 83.5 Å². The lowest BCUT2D eigenvalue weighted by Gasteiger charge is -2.02. The van der Waals surface area contributed by atoms with Crippen LogP contribution in [0.15, 0.2) is 53.8 Å². The van der Waals surface area contributed by atoms with Crippen molar-refractivity contribution in [3.63, 3.8) is 0 Å². The monoisotopic (exact) mass is 286 g/mol. The molecule has 0 radical (unpaired) electrons. The largest absolute Gasteiger partial charge is 0.329 e. The Hall–Kier alpha value is -3.09. The molecule has 2 aromatic rings. The van der Waals surface area contributed by atoms with Gasteiger partial charge >= 0.3 is 11.8 Å². The summed E-state index contributed by atoms with van der Waals surface area (Å²) in [5.74, 6) is -2.13. The van der Waals surface area contributed by atoms with Gasteiger partial charge in [0.25, 0.3) is 0 Å². The first-order chi connectivity index (χ1) is 10.2. The van der Waals surface area contributed by atoms with Crippen LogP contribution in [0.3, 0.4) is 0 Å². The summed E-state index contributed by atoms with van der Waals surface area (Å²) in [6.45, 7) is 0. The molecule has 2 rings (SSSR count). The summed E-state index contributed by atoms with van der Waals surface area (Å²) in [6, 6.07) is 10.8. The minimum atomic E-state index is -0.978. The number of anilines is 1. The smallest absolute Gasteiger partial charge is 0.302 e. The van der Waals surface area contributed by atoms with E-state index in [-0.39, 0.29) is 11.4 Å². The Morgan fingerprint density at radius 1 is 1.10 bits per heavy atom. The molecule has 0 saturated carbocycles. The molecule has 106 valence electrons. The first-order valence-corrected chi connectivity index (χ1v) is 5.97. The van der Waals surface area contributed by atoms with Crippen molar-refractivity contribution in [3.05, 3.63) is 60.0 Å². The van der Waals surface area contributed by atoms with Crippen LogP contribution in [0.4, 0.5) is 10.2 Å². The number of halogens is 1. The van der Waals surface area contributed by atoms with Crippen LogP contribution in [-0.4, -0.2) is 23.0 Å². The standard InChI is InChI=1S/C14H11FN4O2/c15-11-6-2-1-5-10(11)9-17-19-14(21)13(20)18-12-7-3-4-8-16-12/h1-9H,(H,19,21)(H,16,18,20). The summed E-state index contributed by atoms with van der Waals surface area (Å²) >= 11 is 0. The van der Waals surface area contributed by atoms with Crippen LogP contribution in [0, 0.1) is 5.82 Å².